The van der Waals surface area contributed by atoms with Gasteiger partial charge in [0, 0.05) is 16.3 Å². The number of carbonyl (C=O) groups is 3. The third kappa shape index (κ3) is 8.29. The van der Waals surface area contributed by atoms with Crippen LogP contribution in [-0.4, -0.2) is 42.8 Å². The average Bonchev–Trinajstić information content (AvgIpc) is 3.33. The molecule has 4 aromatic rings. The Labute approximate surface area is 291 Å². The molecule has 1 unspecified atom stereocenters. The molecule has 3 amide bonds. The van der Waals surface area contributed by atoms with Crippen molar-refractivity contribution in [3.05, 3.63) is 111 Å². The Morgan fingerprint density at radius 2 is 1.65 bits per heavy atom. The number of amides is 3. The lowest BCUT2D eigenvalue weighted by Gasteiger charge is -2.15. The lowest BCUT2D eigenvalue weighted by Crippen LogP contribution is -2.39. The molecule has 1 heterocycles. The van der Waals surface area contributed by atoms with Gasteiger partial charge in [0.1, 0.15) is 17.2 Å². The molecule has 2 N–H and O–H groups in total. The zero-order chi connectivity index (χ0) is 34.4. The van der Waals surface area contributed by atoms with E-state index in [0.29, 0.717) is 29.5 Å². The molecule has 0 saturated carbocycles. The predicted molar refractivity (Wildman–Crippen MR) is 186 cm³/mol. The normalized spacial score (nSPS) is 14.2. The molecule has 5 rings (SSSR count). The molecule has 0 saturated heterocycles. The van der Waals surface area contributed by atoms with Crippen molar-refractivity contribution in [2.75, 3.05) is 23.5 Å². The van der Waals surface area contributed by atoms with Gasteiger partial charge in [-0.3, -0.25) is 14.4 Å². The molecule has 1 aliphatic heterocycles. The molecule has 48 heavy (non-hydrogen) atoms. The van der Waals surface area contributed by atoms with Crippen molar-refractivity contribution < 1.29 is 23.9 Å². The number of aryl methyl sites for hydroxylation is 2. The number of rotatable bonds is 10. The molecule has 0 fully saturated rings. The number of amidine groups is 1. The topological polar surface area (TPSA) is 134 Å². The van der Waals surface area contributed by atoms with E-state index in [2.05, 4.69) is 26.0 Å². The average molecular weight is 708 g/mol. The number of halogens is 3. The number of azo groups is 1. The smallest absolute Gasteiger partial charge is 0.282 e. The van der Waals surface area contributed by atoms with Gasteiger partial charge in [0.25, 0.3) is 17.7 Å². The molecule has 0 aromatic heterocycles. The molecule has 11 nitrogen and oxygen atoms in total. The summed E-state index contributed by atoms with van der Waals surface area (Å²) in [5, 5.41) is 19.4. The third-order valence-electron chi connectivity index (χ3n) is 6.88. The van der Waals surface area contributed by atoms with E-state index >= 15 is 0 Å². The number of hydrazone groups is 1. The van der Waals surface area contributed by atoms with Crippen LogP contribution in [-0.2, 0) is 9.59 Å². The van der Waals surface area contributed by atoms with Gasteiger partial charge in [0.2, 0.25) is 6.04 Å². The molecule has 246 valence electrons. The van der Waals surface area contributed by atoms with E-state index in [1.54, 1.807) is 42.5 Å². The zero-order valence-electron chi connectivity index (χ0n) is 26.0. The van der Waals surface area contributed by atoms with Gasteiger partial charge in [0.15, 0.2) is 12.4 Å². The standard InChI is InChI=1S/C34H29Cl3N6O5/c1-4-47-25-11-9-23(10-12-25)40-41-30-32(42-43(34(30)46)31-26(36)16-22(35)17-27(31)37)39-33(45)21-6-5-7-24(15-21)38-29(44)18-48-28-13-8-19(2)14-20(28)3/h5-17,30H,4,18H2,1-3H3,(H,38,44)(H,39,42,45). The van der Waals surface area contributed by atoms with Gasteiger partial charge in [0.05, 0.1) is 22.3 Å². The van der Waals surface area contributed by atoms with Crippen molar-refractivity contribution in [3.63, 3.8) is 0 Å². The van der Waals surface area contributed by atoms with Crippen molar-refractivity contribution in [1.82, 2.24) is 5.32 Å². The van der Waals surface area contributed by atoms with Gasteiger partial charge >= 0.3 is 0 Å². The van der Waals surface area contributed by atoms with Gasteiger partial charge in [-0.15, -0.1) is 5.10 Å². The maximum atomic E-state index is 13.6. The molecule has 0 aliphatic carbocycles. The highest BCUT2D eigenvalue weighted by Crippen LogP contribution is 2.39. The van der Waals surface area contributed by atoms with Crippen molar-refractivity contribution >= 4 is 75.4 Å². The highest BCUT2D eigenvalue weighted by molar-refractivity contribution is 6.43. The number of nitrogens with zero attached hydrogens (tertiary/aromatic N) is 4. The summed E-state index contributed by atoms with van der Waals surface area (Å²) < 4.78 is 11.1. The summed E-state index contributed by atoms with van der Waals surface area (Å²) in [7, 11) is 0. The predicted octanol–water partition coefficient (Wildman–Crippen LogP) is 7.92. The molecule has 1 aliphatic rings. The van der Waals surface area contributed by atoms with Crippen LogP contribution in [0.2, 0.25) is 15.1 Å². The van der Waals surface area contributed by atoms with Gasteiger partial charge < -0.3 is 20.1 Å². The summed E-state index contributed by atoms with van der Waals surface area (Å²) in [4.78, 5) is 39.7. The number of benzene rings is 4. The number of hydrogen-bond donors (Lipinski definition) is 2. The quantitative estimate of drug-likeness (QED) is 0.162. The monoisotopic (exact) mass is 706 g/mol. The van der Waals surface area contributed by atoms with E-state index in [1.165, 1.54) is 24.3 Å². The molecule has 1 atom stereocenters. The van der Waals surface area contributed by atoms with E-state index in [0.717, 1.165) is 16.1 Å². The summed E-state index contributed by atoms with van der Waals surface area (Å²) >= 11 is 18.9. The minimum absolute atomic E-state index is 0.0596. The second kappa shape index (κ2) is 15.3. The fourth-order valence-electron chi connectivity index (χ4n) is 4.67. The Balaban J connectivity index is 1.35. The SMILES string of the molecule is CCOc1ccc(N=NC2C(=O)N(c3c(Cl)cc(Cl)cc3Cl)N=C2NC(=O)c2cccc(NC(=O)COc3ccc(C)cc3C)c2)cc1. The minimum Gasteiger partial charge on any atom is -0.494 e. The zero-order valence-corrected chi connectivity index (χ0v) is 28.2. The Morgan fingerprint density at radius 1 is 0.917 bits per heavy atom. The summed E-state index contributed by atoms with van der Waals surface area (Å²) in [5.74, 6) is -0.594. The van der Waals surface area contributed by atoms with Crippen LogP contribution in [0.4, 0.5) is 17.1 Å². The lowest BCUT2D eigenvalue weighted by atomic mass is 10.1. The third-order valence-corrected chi connectivity index (χ3v) is 7.67. The van der Waals surface area contributed by atoms with Crippen LogP contribution in [0.3, 0.4) is 0 Å². The van der Waals surface area contributed by atoms with E-state index in [1.807, 2.05) is 32.9 Å². The molecule has 0 radical (unpaired) electrons. The Hall–Kier alpha value is -4.97. The first kappa shape index (κ1) is 34.4. The van der Waals surface area contributed by atoms with Gasteiger partial charge in [-0.2, -0.15) is 15.2 Å². The number of nitrogens with one attached hydrogen (secondary N) is 2. The summed E-state index contributed by atoms with van der Waals surface area (Å²) in [6, 6.07) is 20.1. The molecular weight excluding hydrogens is 679 g/mol. The van der Waals surface area contributed by atoms with Crippen molar-refractivity contribution in [1.29, 1.82) is 0 Å². The Bertz CT molecular complexity index is 1910. The van der Waals surface area contributed by atoms with Crippen molar-refractivity contribution in [2.45, 2.75) is 26.8 Å². The van der Waals surface area contributed by atoms with Crippen LogP contribution in [0.1, 0.15) is 28.4 Å². The van der Waals surface area contributed by atoms with Crippen LogP contribution in [0.5, 0.6) is 11.5 Å². The molecular formula is C34H29Cl3N6O5. The van der Waals surface area contributed by atoms with Gasteiger partial charge in [-0.1, -0.05) is 58.6 Å². The highest BCUT2D eigenvalue weighted by Gasteiger charge is 2.40. The Kier molecular flexibility index (Phi) is 10.9. The lowest BCUT2D eigenvalue weighted by molar-refractivity contribution is -0.118. The first-order valence-electron chi connectivity index (χ1n) is 14.6. The number of carbonyl (C=O) groups excluding carboxylic acids is 3. The maximum absolute atomic E-state index is 13.6. The van der Waals surface area contributed by atoms with E-state index in [-0.39, 0.29) is 38.8 Å². The minimum atomic E-state index is -1.35. The summed E-state index contributed by atoms with van der Waals surface area (Å²) in [6.45, 7) is 6.01. The van der Waals surface area contributed by atoms with Crippen molar-refractivity contribution in [2.24, 2.45) is 15.3 Å². The van der Waals surface area contributed by atoms with Crippen LogP contribution in [0.15, 0.2) is 94.2 Å². The number of hydrogen-bond acceptors (Lipinski definition) is 8. The van der Waals surface area contributed by atoms with Crippen LogP contribution in [0, 0.1) is 13.8 Å². The first-order chi connectivity index (χ1) is 23.0. The fourth-order valence-corrected chi connectivity index (χ4v) is 5.64. The fraction of sp³-hybridized carbons (Fsp3) is 0.176. The second-order valence-corrected chi connectivity index (χ2v) is 11.8. The largest absolute Gasteiger partial charge is 0.494 e. The second-order valence-electron chi connectivity index (χ2n) is 10.5. The number of anilines is 2. The molecule has 0 spiro atoms. The van der Waals surface area contributed by atoms with Crippen LogP contribution in [0.25, 0.3) is 0 Å². The van der Waals surface area contributed by atoms with E-state index < -0.39 is 23.8 Å². The van der Waals surface area contributed by atoms with Gasteiger partial charge in [-0.05, 0) is 87.0 Å². The highest BCUT2D eigenvalue weighted by atomic mass is 35.5. The summed E-state index contributed by atoms with van der Waals surface area (Å²) in [5.41, 5.74) is 3.01. The Morgan fingerprint density at radius 3 is 2.33 bits per heavy atom. The first-order valence-corrected chi connectivity index (χ1v) is 15.8. The van der Waals surface area contributed by atoms with Crippen LogP contribution >= 0.6 is 34.8 Å². The molecule has 0 bridgehead atoms. The number of ether oxygens (including phenoxy) is 2. The van der Waals surface area contributed by atoms with Gasteiger partial charge in [-0.25, -0.2) is 0 Å². The van der Waals surface area contributed by atoms with Crippen LogP contribution < -0.4 is 25.1 Å². The maximum Gasteiger partial charge on any atom is 0.282 e. The summed E-state index contributed by atoms with van der Waals surface area (Å²) in [6.07, 6.45) is 0. The van der Waals surface area contributed by atoms with E-state index in [4.69, 9.17) is 44.3 Å². The van der Waals surface area contributed by atoms with E-state index in [9.17, 15) is 14.4 Å². The molecule has 14 heteroatoms. The van der Waals surface area contributed by atoms with Crippen molar-refractivity contribution in [3.8, 4) is 11.5 Å². The molecule has 4 aromatic carbocycles.